The number of nitrogens with one attached hydrogen (secondary N) is 3. The first kappa shape index (κ1) is 48.6. The largest absolute Gasteiger partial charge is 0.488 e. The van der Waals surface area contributed by atoms with Crippen molar-refractivity contribution in [2.24, 2.45) is 17.8 Å². The van der Waals surface area contributed by atoms with Crippen LogP contribution in [0.15, 0.2) is 54.2 Å². The molecule has 7 unspecified atom stereocenters. The number of alkyl carbamates (subject to hydrolysis) is 1. The fourth-order valence-electron chi connectivity index (χ4n) is 8.26. The van der Waals surface area contributed by atoms with Crippen molar-refractivity contribution in [3.05, 3.63) is 54.2 Å². The highest BCUT2D eigenvalue weighted by Gasteiger charge is 2.63. The van der Waals surface area contributed by atoms with E-state index in [0.29, 0.717) is 79.5 Å². The second-order valence-electron chi connectivity index (χ2n) is 18.9. The Kier molecular flexibility index (Phi) is 13.6. The molecule has 66 heavy (non-hydrogen) atoms. The number of amides is 4. The summed E-state index contributed by atoms with van der Waals surface area (Å²) in [7, 11) is -4.11. The molecule has 0 radical (unpaired) electrons. The predicted molar refractivity (Wildman–Crippen MR) is 237 cm³/mol. The molecule has 4 aliphatic rings. The molecular formula is C45H56F3N7O9S2. The normalized spacial score (nSPS) is 26.8. The van der Waals surface area contributed by atoms with Gasteiger partial charge in [-0.25, -0.2) is 28.2 Å². The van der Waals surface area contributed by atoms with Crippen LogP contribution in [0.3, 0.4) is 0 Å². The summed E-state index contributed by atoms with van der Waals surface area (Å²) >= 11 is 1.34. The van der Waals surface area contributed by atoms with E-state index >= 15 is 0 Å². The van der Waals surface area contributed by atoms with Crippen molar-refractivity contribution in [3.8, 4) is 33.6 Å². The van der Waals surface area contributed by atoms with Gasteiger partial charge in [-0.2, -0.15) is 13.2 Å². The summed E-state index contributed by atoms with van der Waals surface area (Å²) in [6, 6.07) is 4.01. The van der Waals surface area contributed by atoms with Crippen LogP contribution in [-0.2, 0) is 29.1 Å². The molecule has 0 bridgehead atoms. The van der Waals surface area contributed by atoms with Crippen LogP contribution in [0.1, 0.15) is 93.4 Å². The van der Waals surface area contributed by atoms with Crippen LogP contribution >= 0.6 is 11.3 Å². The molecule has 16 nitrogen and oxygen atoms in total. The zero-order valence-electron chi connectivity index (χ0n) is 37.8. The number of ether oxygens (including phenoxy) is 3. The van der Waals surface area contributed by atoms with Crippen LogP contribution in [0.4, 0.5) is 18.0 Å². The summed E-state index contributed by atoms with van der Waals surface area (Å²) in [5.74, 6) is -3.06. The standard InChI is InChI=1S/C45H56F3N7O9S2/c1-25(2)62-35-13-12-28(23-50-35)32-19-30(20-33(51-32)38-49-16-17-65-38)63-31-21-34-37(56)53-44(40(58)54-66(60,61)43(7)14-15-43)22-29(44)11-9-8-10-26(3)18-27(4)36(39(57)55(34)24-31)52-41(59)64-42(5,6)45(46,47)48/h9,11-13,16-17,19-20,23,25-27,29,31,34,36H,8,10,14-15,18,21-22,24H2,1-7H3,(H,52,59)(H,53,56)(H,54,58). The van der Waals surface area contributed by atoms with Crippen LogP contribution in [-0.4, -0.2) is 105 Å². The van der Waals surface area contributed by atoms with Gasteiger partial charge >= 0.3 is 12.3 Å². The molecule has 0 spiro atoms. The van der Waals surface area contributed by atoms with Crippen molar-refractivity contribution in [1.82, 2.24) is 35.2 Å². The summed E-state index contributed by atoms with van der Waals surface area (Å²) in [6.07, 6.45) is 1.63. The molecule has 21 heteroatoms. The fourth-order valence-corrected chi connectivity index (χ4v) is 10.2. The maximum Gasteiger partial charge on any atom is 0.427 e. The Labute approximate surface area is 385 Å². The van der Waals surface area contributed by atoms with Crippen LogP contribution in [0, 0.1) is 17.8 Å². The molecular weight excluding hydrogens is 904 g/mol. The zero-order chi connectivity index (χ0) is 48.0. The zero-order valence-corrected chi connectivity index (χ0v) is 39.4. The molecule has 2 aliphatic heterocycles. The number of rotatable bonds is 11. The van der Waals surface area contributed by atoms with Gasteiger partial charge < -0.3 is 29.7 Å². The number of carbonyl (C=O) groups excluding carboxylic acids is 4. The number of fused-ring (bicyclic) bond motifs is 2. The Morgan fingerprint density at radius 3 is 2.42 bits per heavy atom. The number of thiazole rings is 1. The minimum atomic E-state index is -4.93. The maximum absolute atomic E-state index is 15.0. The highest BCUT2D eigenvalue weighted by molar-refractivity contribution is 7.91. The molecule has 7 rings (SSSR count). The van der Waals surface area contributed by atoms with Gasteiger partial charge in [0.1, 0.15) is 40.2 Å². The fraction of sp³-hybridized carbons (Fsp3) is 0.578. The molecule has 0 aromatic carbocycles. The Balaban J connectivity index is 1.24. The molecule has 1 saturated heterocycles. The number of carbonyl (C=O) groups is 4. The monoisotopic (exact) mass is 959 g/mol. The summed E-state index contributed by atoms with van der Waals surface area (Å²) in [5, 5.41) is 7.59. The van der Waals surface area contributed by atoms with Crippen molar-refractivity contribution in [1.29, 1.82) is 0 Å². The van der Waals surface area contributed by atoms with Crippen molar-refractivity contribution >= 4 is 45.2 Å². The Bertz CT molecular complexity index is 2450. The van der Waals surface area contributed by atoms with Crippen LogP contribution in [0.5, 0.6) is 11.6 Å². The van der Waals surface area contributed by atoms with Crippen molar-refractivity contribution in [2.75, 3.05) is 6.54 Å². The van der Waals surface area contributed by atoms with Gasteiger partial charge in [0, 0.05) is 53.9 Å². The van der Waals surface area contributed by atoms with E-state index in [-0.39, 0.29) is 31.4 Å². The molecule has 7 atom stereocenters. The molecule has 358 valence electrons. The van der Waals surface area contributed by atoms with Crippen molar-refractivity contribution in [3.63, 3.8) is 0 Å². The number of hydrogen-bond donors (Lipinski definition) is 3. The van der Waals surface area contributed by atoms with E-state index in [1.54, 1.807) is 55.0 Å². The smallest absolute Gasteiger partial charge is 0.427 e. The third kappa shape index (κ3) is 10.6. The van der Waals surface area contributed by atoms with Crippen molar-refractivity contribution < 1.29 is 55.0 Å². The number of pyridine rings is 2. The molecule has 3 aromatic rings. The van der Waals surface area contributed by atoms with Crippen molar-refractivity contribution in [2.45, 2.75) is 140 Å². The SMILES string of the molecule is CC1CCC=CC2CC2(C(=O)NS(=O)(=O)C2(C)CC2)NC(=O)C2CC(Oc3cc(-c4ccc(OC(C)C)nc4)nc(-c4nccs4)c3)CN2C(=O)C(NC(=O)OC(C)(C)C(F)(F)F)C(C)C1. The molecule has 3 fully saturated rings. The summed E-state index contributed by atoms with van der Waals surface area (Å²) in [6.45, 7) is 10.1. The first-order valence-corrected chi connectivity index (χ1v) is 24.4. The van der Waals surface area contributed by atoms with E-state index in [9.17, 15) is 40.8 Å². The number of nitrogens with zero attached hydrogens (tertiary/aromatic N) is 4. The molecule has 4 amide bonds. The van der Waals surface area contributed by atoms with E-state index < -0.39 is 85.9 Å². The highest BCUT2D eigenvalue weighted by Crippen LogP contribution is 2.48. The molecule has 3 N–H and O–H groups in total. The van der Waals surface area contributed by atoms with Gasteiger partial charge in [0.25, 0.3) is 5.91 Å². The molecule has 3 aromatic heterocycles. The lowest BCUT2D eigenvalue weighted by atomic mass is 9.88. The number of alkyl halides is 3. The number of halogens is 3. The lowest BCUT2D eigenvalue weighted by Crippen LogP contribution is -2.59. The van der Waals surface area contributed by atoms with E-state index in [1.165, 1.54) is 23.2 Å². The average molecular weight is 960 g/mol. The van der Waals surface area contributed by atoms with Crippen LogP contribution in [0.2, 0.25) is 0 Å². The van der Waals surface area contributed by atoms with E-state index in [1.807, 2.05) is 26.8 Å². The Hall–Kier alpha value is -5.31. The van der Waals surface area contributed by atoms with Gasteiger partial charge in [0.2, 0.25) is 33.3 Å². The van der Waals surface area contributed by atoms with Gasteiger partial charge in [-0.15, -0.1) is 11.3 Å². The third-order valence-electron chi connectivity index (χ3n) is 12.7. The van der Waals surface area contributed by atoms with Gasteiger partial charge in [0.15, 0.2) is 0 Å². The van der Waals surface area contributed by atoms with Gasteiger partial charge in [-0.05, 0) is 91.0 Å². The quantitative estimate of drug-likeness (QED) is 0.171. The van der Waals surface area contributed by atoms with E-state index in [2.05, 4.69) is 25.3 Å². The first-order chi connectivity index (χ1) is 30.9. The van der Waals surface area contributed by atoms with Crippen LogP contribution in [0.25, 0.3) is 22.0 Å². The number of hydrogen-bond acceptors (Lipinski definition) is 13. The summed E-state index contributed by atoms with van der Waals surface area (Å²) < 4.78 is 86.4. The lowest BCUT2D eigenvalue weighted by Gasteiger charge is -2.34. The number of sulfonamides is 1. The topological polar surface area (TPSA) is 208 Å². The van der Waals surface area contributed by atoms with Gasteiger partial charge in [-0.3, -0.25) is 19.1 Å². The predicted octanol–water partition coefficient (Wildman–Crippen LogP) is 6.72. The average Bonchev–Trinajstić information content (AvgIpc) is 3.98. The van der Waals surface area contributed by atoms with Gasteiger partial charge in [0.05, 0.1) is 23.1 Å². The lowest BCUT2D eigenvalue weighted by molar-refractivity contribution is -0.244. The molecule has 2 aliphatic carbocycles. The number of allylic oxidation sites excluding steroid dienone is 1. The molecule has 2 saturated carbocycles. The minimum Gasteiger partial charge on any atom is -0.488 e. The second kappa shape index (κ2) is 18.4. The Morgan fingerprint density at radius 2 is 1.79 bits per heavy atom. The van der Waals surface area contributed by atoms with E-state index in [4.69, 9.17) is 19.2 Å². The molecule has 5 heterocycles. The van der Waals surface area contributed by atoms with Crippen LogP contribution < -0.4 is 24.8 Å². The number of aromatic nitrogens is 3. The summed E-state index contributed by atoms with van der Waals surface area (Å²) in [5.41, 5.74) is -3.03. The second-order valence-corrected chi connectivity index (χ2v) is 22.0. The summed E-state index contributed by atoms with van der Waals surface area (Å²) in [4.78, 5) is 71.9. The first-order valence-electron chi connectivity index (χ1n) is 22.0. The highest BCUT2D eigenvalue weighted by atomic mass is 32.2. The maximum atomic E-state index is 15.0. The van der Waals surface area contributed by atoms with E-state index in [0.717, 1.165) is 0 Å². The van der Waals surface area contributed by atoms with Gasteiger partial charge in [-0.1, -0.05) is 26.0 Å². The minimum absolute atomic E-state index is 0.0570. The third-order valence-corrected chi connectivity index (χ3v) is 15.6. The Morgan fingerprint density at radius 1 is 1.06 bits per heavy atom.